The Labute approximate surface area is 207 Å². The van der Waals surface area contributed by atoms with Crippen molar-refractivity contribution in [3.8, 4) is 5.75 Å². The van der Waals surface area contributed by atoms with Gasteiger partial charge in [0.15, 0.2) is 6.61 Å². The summed E-state index contributed by atoms with van der Waals surface area (Å²) in [5, 5.41) is 3.03. The minimum Gasteiger partial charge on any atom is -0.483 e. The van der Waals surface area contributed by atoms with Gasteiger partial charge in [0.1, 0.15) is 11.8 Å². The molecule has 0 aliphatic heterocycles. The zero-order valence-corrected chi connectivity index (χ0v) is 22.2. The van der Waals surface area contributed by atoms with Gasteiger partial charge in [-0.2, -0.15) is 0 Å². The molecule has 0 fully saturated rings. The molecule has 0 saturated carbocycles. The number of carbonyl (C=O) groups is 2. The van der Waals surface area contributed by atoms with Crippen LogP contribution >= 0.6 is 15.9 Å². The van der Waals surface area contributed by atoms with Crippen LogP contribution in [0.5, 0.6) is 5.75 Å². The molecule has 0 saturated heterocycles. The third-order valence-corrected chi connectivity index (χ3v) is 6.45. The Balaban J connectivity index is 2.22. The molecule has 5 nitrogen and oxygen atoms in total. The van der Waals surface area contributed by atoms with Gasteiger partial charge in [-0.25, -0.2) is 0 Å². The van der Waals surface area contributed by atoms with Crippen LogP contribution in [0, 0.1) is 6.92 Å². The van der Waals surface area contributed by atoms with Crippen molar-refractivity contribution in [2.75, 3.05) is 6.61 Å². The van der Waals surface area contributed by atoms with Crippen LogP contribution < -0.4 is 10.1 Å². The summed E-state index contributed by atoms with van der Waals surface area (Å²) in [6, 6.07) is 13.4. The van der Waals surface area contributed by atoms with Gasteiger partial charge in [0, 0.05) is 12.6 Å². The lowest BCUT2D eigenvalue weighted by Crippen LogP contribution is -2.51. The van der Waals surface area contributed by atoms with Gasteiger partial charge < -0.3 is 15.0 Å². The maximum absolute atomic E-state index is 13.3. The molecule has 0 spiro atoms. The van der Waals surface area contributed by atoms with E-state index in [0.29, 0.717) is 24.6 Å². The maximum Gasteiger partial charge on any atom is 0.261 e. The Morgan fingerprint density at radius 2 is 1.70 bits per heavy atom. The topological polar surface area (TPSA) is 58.6 Å². The van der Waals surface area contributed by atoms with Crippen molar-refractivity contribution in [2.45, 2.75) is 78.9 Å². The number of benzene rings is 2. The normalized spacial score (nSPS) is 12.8. The SMILES string of the molecule is CCC(C)NC(=O)C(CC)N(Cc1ccc(C)cc1)C(=O)COc1ccc(C(C)C)cc1Br. The molecule has 2 aromatic rings. The average molecular weight is 518 g/mol. The lowest BCUT2D eigenvalue weighted by Gasteiger charge is -2.31. The summed E-state index contributed by atoms with van der Waals surface area (Å²) in [6.07, 6.45) is 1.35. The highest BCUT2D eigenvalue weighted by molar-refractivity contribution is 9.10. The first kappa shape index (κ1) is 26.9. The number of amides is 2. The predicted molar refractivity (Wildman–Crippen MR) is 137 cm³/mol. The second kappa shape index (κ2) is 12.8. The molecule has 0 bridgehead atoms. The zero-order chi connectivity index (χ0) is 24.5. The number of rotatable bonds is 11. The van der Waals surface area contributed by atoms with Crippen molar-refractivity contribution in [1.82, 2.24) is 10.2 Å². The second-order valence-electron chi connectivity index (χ2n) is 8.88. The first-order valence-corrected chi connectivity index (χ1v) is 12.5. The Bertz CT molecular complexity index is 927. The molecule has 180 valence electrons. The molecular weight excluding hydrogens is 480 g/mol. The van der Waals surface area contributed by atoms with E-state index in [9.17, 15) is 9.59 Å². The molecule has 2 atom stereocenters. The Morgan fingerprint density at radius 3 is 2.24 bits per heavy atom. The summed E-state index contributed by atoms with van der Waals surface area (Å²) in [6.45, 7) is 12.4. The lowest BCUT2D eigenvalue weighted by molar-refractivity contribution is -0.143. The summed E-state index contributed by atoms with van der Waals surface area (Å²) in [4.78, 5) is 28.0. The quantitative estimate of drug-likeness (QED) is 0.399. The van der Waals surface area contributed by atoms with E-state index in [1.54, 1.807) is 4.90 Å². The molecule has 0 radical (unpaired) electrons. The van der Waals surface area contributed by atoms with Crippen molar-refractivity contribution in [2.24, 2.45) is 0 Å². The Morgan fingerprint density at radius 1 is 1.03 bits per heavy atom. The van der Waals surface area contributed by atoms with Crippen LogP contribution in [-0.4, -0.2) is 35.4 Å². The van der Waals surface area contributed by atoms with Gasteiger partial charge in [-0.1, -0.05) is 63.6 Å². The van der Waals surface area contributed by atoms with Crippen molar-refractivity contribution >= 4 is 27.7 Å². The molecule has 33 heavy (non-hydrogen) atoms. The van der Waals surface area contributed by atoms with Gasteiger partial charge in [-0.3, -0.25) is 9.59 Å². The van der Waals surface area contributed by atoms with Gasteiger partial charge in [0.25, 0.3) is 5.91 Å². The zero-order valence-electron chi connectivity index (χ0n) is 20.7. The molecular formula is C27H37BrN2O3. The standard InChI is InChI=1S/C27H37BrN2O3/c1-7-20(6)29-27(32)24(8-2)30(16-21-11-9-19(5)10-12-21)26(31)17-33-25-14-13-22(18(3)4)15-23(25)28/h9-15,18,20,24H,7-8,16-17H2,1-6H3,(H,29,32). The minimum atomic E-state index is -0.567. The Kier molecular flexibility index (Phi) is 10.4. The minimum absolute atomic E-state index is 0.0505. The summed E-state index contributed by atoms with van der Waals surface area (Å²) in [5.74, 6) is 0.660. The molecule has 0 aliphatic carbocycles. The first-order chi connectivity index (χ1) is 15.7. The molecule has 1 N–H and O–H groups in total. The molecule has 0 aromatic heterocycles. The van der Waals surface area contributed by atoms with Crippen LogP contribution in [0.2, 0.25) is 0 Å². The van der Waals surface area contributed by atoms with Crippen molar-refractivity contribution in [3.63, 3.8) is 0 Å². The van der Waals surface area contributed by atoms with E-state index in [1.165, 1.54) is 5.56 Å². The second-order valence-corrected chi connectivity index (χ2v) is 9.74. The van der Waals surface area contributed by atoms with E-state index < -0.39 is 6.04 Å². The van der Waals surface area contributed by atoms with Gasteiger partial charge in [-0.15, -0.1) is 0 Å². The number of nitrogens with one attached hydrogen (secondary N) is 1. The Hall–Kier alpha value is -2.34. The van der Waals surface area contributed by atoms with Crippen LogP contribution in [0.4, 0.5) is 0 Å². The van der Waals surface area contributed by atoms with Gasteiger partial charge in [0.2, 0.25) is 5.91 Å². The molecule has 0 aliphatic rings. The van der Waals surface area contributed by atoms with E-state index in [-0.39, 0.29) is 24.5 Å². The van der Waals surface area contributed by atoms with Crippen LogP contribution in [0.1, 0.15) is 70.1 Å². The predicted octanol–water partition coefficient (Wildman–Crippen LogP) is 5.98. The van der Waals surface area contributed by atoms with Gasteiger partial charge in [0.05, 0.1) is 4.47 Å². The fourth-order valence-corrected chi connectivity index (χ4v) is 3.98. The monoisotopic (exact) mass is 516 g/mol. The van der Waals surface area contributed by atoms with E-state index in [4.69, 9.17) is 4.74 Å². The molecule has 2 aromatic carbocycles. The van der Waals surface area contributed by atoms with Crippen LogP contribution in [-0.2, 0) is 16.1 Å². The van der Waals surface area contributed by atoms with Crippen LogP contribution in [0.15, 0.2) is 46.9 Å². The highest BCUT2D eigenvalue weighted by Crippen LogP contribution is 2.29. The summed E-state index contributed by atoms with van der Waals surface area (Å²) < 4.78 is 6.69. The molecule has 2 rings (SSSR count). The molecule has 0 heterocycles. The first-order valence-electron chi connectivity index (χ1n) is 11.7. The molecule has 2 unspecified atom stereocenters. The van der Waals surface area contributed by atoms with E-state index >= 15 is 0 Å². The average Bonchev–Trinajstić information content (AvgIpc) is 2.78. The number of ether oxygens (including phenoxy) is 1. The fourth-order valence-electron chi connectivity index (χ4n) is 3.47. The summed E-state index contributed by atoms with van der Waals surface area (Å²) in [5.41, 5.74) is 3.32. The third kappa shape index (κ3) is 7.88. The highest BCUT2D eigenvalue weighted by atomic mass is 79.9. The lowest BCUT2D eigenvalue weighted by atomic mass is 10.0. The van der Waals surface area contributed by atoms with Gasteiger partial charge >= 0.3 is 0 Å². The molecule has 2 amide bonds. The van der Waals surface area contributed by atoms with E-state index in [0.717, 1.165) is 22.0 Å². The number of hydrogen-bond acceptors (Lipinski definition) is 3. The number of halogens is 1. The van der Waals surface area contributed by atoms with Crippen molar-refractivity contribution < 1.29 is 14.3 Å². The van der Waals surface area contributed by atoms with Crippen molar-refractivity contribution in [3.05, 3.63) is 63.6 Å². The fraction of sp³-hybridized carbons (Fsp3) is 0.481. The van der Waals surface area contributed by atoms with Crippen LogP contribution in [0.3, 0.4) is 0 Å². The van der Waals surface area contributed by atoms with E-state index in [2.05, 4.69) is 35.1 Å². The van der Waals surface area contributed by atoms with Gasteiger partial charge in [-0.05, 0) is 71.8 Å². The number of carbonyl (C=O) groups excluding carboxylic acids is 2. The summed E-state index contributed by atoms with van der Waals surface area (Å²) >= 11 is 3.55. The largest absolute Gasteiger partial charge is 0.483 e. The van der Waals surface area contributed by atoms with E-state index in [1.807, 2.05) is 70.2 Å². The third-order valence-electron chi connectivity index (χ3n) is 5.83. The molecule has 6 heteroatoms. The number of hydrogen-bond donors (Lipinski definition) is 1. The number of nitrogens with zero attached hydrogens (tertiary/aromatic N) is 1. The number of aryl methyl sites for hydroxylation is 1. The summed E-state index contributed by atoms with van der Waals surface area (Å²) in [7, 11) is 0. The smallest absolute Gasteiger partial charge is 0.261 e. The van der Waals surface area contributed by atoms with Crippen LogP contribution in [0.25, 0.3) is 0 Å². The maximum atomic E-state index is 13.3. The highest BCUT2D eigenvalue weighted by Gasteiger charge is 2.29. The van der Waals surface area contributed by atoms with Crippen molar-refractivity contribution in [1.29, 1.82) is 0 Å².